The van der Waals surface area contributed by atoms with Crippen molar-refractivity contribution in [3.8, 4) is 5.75 Å². The smallest absolute Gasteiger partial charge is 0.194 e. The number of halogens is 1. The summed E-state index contributed by atoms with van der Waals surface area (Å²) in [6, 6.07) is 6.11. The Hall–Kier alpha value is -2.64. The molecular weight excluding hydrogens is 323 g/mol. The van der Waals surface area contributed by atoms with E-state index in [9.17, 15) is 4.39 Å². The van der Waals surface area contributed by atoms with Gasteiger partial charge in [-0.1, -0.05) is 6.07 Å². The SMILES string of the molecule is CCNC(=NCC(C)Oc1cccc(F)c1)N(C)Cc1ncnn1C. The van der Waals surface area contributed by atoms with Gasteiger partial charge in [-0.05, 0) is 26.0 Å². The summed E-state index contributed by atoms with van der Waals surface area (Å²) in [5, 5.41) is 7.32. The topological polar surface area (TPSA) is 67.6 Å². The third-order valence-electron chi connectivity index (χ3n) is 3.51. The van der Waals surface area contributed by atoms with Crippen LogP contribution in [0.15, 0.2) is 35.6 Å². The van der Waals surface area contributed by atoms with Gasteiger partial charge in [0.1, 0.15) is 29.8 Å². The van der Waals surface area contributed by atoms with Gasteiger partial charge in [0, 0.05) is 26.7 Å². The minimum absolute atomic E-state index is 0.182. The van der Waals surface area contributed by atoms with Crippen LogP contribution in [0.2, 0.25) is 0 Å². The molecule has 0 radical (unpaired) electrons. The summed E-state index contributed by atoms with van der Waals surface area (Å²) >= 11 is 0. The van der Waals surface area contributed by atoms with Crippen LogP contribution < -0.4 is 10.1 Å². The van der Waals surface area contributed by atoms with Gasteiger partial charge >= 0.3 is 0 Å². The van der Waals surface area contributed by atoms with E-state index in [-0.39, 0.29) is 11.9 Å². The number of guanidine groups is 1. The molecule has 1 aromatic heterocycles. The quantitative estimate of drug-likeness (QED) is 0.611. The summed E-state index contributed by atoms with van der Waals surface area (Å²) < 4.78 is 20.7. The molecule has 2 aromatic rings. The molecule has 25 heavy (non-hydrogen) atoms. The fraction of sp³-hybridized carbons (Fsp3) is 0.471. The monoisotopic (exact) mass is 348 g/mol. The number of hydrogen-bond acceptors (Lipinski definition) is 4. The van der Waals surface area contributed by atoms with E-state index in [1.54, 1.807) is 16.8 Å². The second-order valence-electron chi connectivity index (χ2n) is 5.74. The molecule has 0 aliphatic carbocycles. The van der Waals surface area contributed by atoms with Crippen molar-refractivity contribution in [2.24, 2.45) is 12.0 Å². The Kier molecular flexibility index (Phi) is 6.73. The lowest BCUT2D eigenvalue weighted by Crippen LogP contribution is -2.39. The second-order valence-corrected chi connectivity index (χ2v) is 5.74. The number of aromatic nitrogens is 3. The first kappa shape index (κ1) is 18.7. The summed E-state index contributed by atoms with van der Waals surface area (Å²) in [5.41, 5.74) is 0. The number of nitrogens with one attached hydrogen (secondary N) is 1. The minimum atomic E-state index is -0.315. The van der Waals surface area contributed by atoms with Crippen molar-refractivity contribution in [2.45, 2.75) is 26.5 Å². The van der Waals surface area contributed by atoms with Gasteiger partial charge < -0.3 is 15.0 Å². The molecule has 0 spiro atoms. The zero-order valence-corrected chi connectivity index (χ0v) is 15.1. The lowest BCUT2D eigenvalue weighted by molar-refractivity contribution is 0.228. The van der Waals surface area contributed by atoms with Crippen LogP contribution in [0.4, 0.5) is 4.39 Å². The number of nitrogens with zero attached hydrogens (tertiary/aromatic N) is 5. The number of rotatable bonds is 7. The molecule has 136 valence electrons. The highest BCUT2D eigenvalue weighted by Crippen LogP contribution is 2.13. The maximum Gasteiger partial charge on any atom is 0.194 e. The van der Waals surface area contributed by atoms with Crippen LogP contribution >= 0.6 is 0 Å². The highest BCUT2D eigenvalue weighted by Gasteiger charge is 2.11. The molecule has 2 rings (SSSR count). The van der Waals surface area contributed by atoms with Crippen LogP contribution in [0.25, 0.3) is 0 Å². The zero-order valence-electron chi connectivity index (χ0n) is 15.1. The van der Waals surface area contributed by atoms with E-state index in [1.807, 2.05) is 32.8 Å². The minimum Gasteiger partial charge on any atom is -0.489 e. The summed E-state index contributed by atoms with van der Waals surface area (Å²) in [4.78, 5) is 10.8. The maximum absolute atomic E-state index is 13.2. The van der Waals surface area contributed by atoms with Gasteiger partial charge in [-0.2, -0.15) is 5.10 Å². The molecule has 0 aliphatic rings. The summed E-state index contributed by atoms with van der Waals surface area (Å²) in [5.74, 6) is 1.78. The first-order valence-electron chi connectivity index (χ1n) is 8.24. The van der Waals surface area contributed by atoms with Crippen LogP contribution in [0, 0.1) is 5.82 Å². The molecule has 7 nitrogen and oxygen atoms in total. The number of aliphatic imine (C=N–C) groups is 1. The standard InChI is InChI=1S/C17H25FN6O/c1-5-19-17(23(3)11-16-21-12-22-24(16)4)20-10-13(2)25-15-8-6-7-14(18)9-15/h6-9,12-13H,5,10-11H2,1-4H3,(H,19,20). The molecule has 1 unspecified atom stereocenters. The van der Waals surface area contributed by atoms with Crippen LogP contribution in [-0.4, -0.2) is 51.9 Å². The average molecular weight is 348 g/mol. The van der Waals surface area contributed by atoms with Crippen molar-refractivity contribution in [1.82, 2.24) is 25.0 Å². The van der Waals surface area contributed by atoms with Crippen molar-refractivity contribution in [3.63, 3.8) is 0 Å². The highest BCUT2D eigenvalue weighted by molar-refractivity contribution is 5.79. The Morgan fingerprint density at radius 3 is 2.92 bits per heavy atom. The molecule has 1 aromatic carbocycles. The molecule has 1 atom stereocenters. The molecule has 0 fully saturated rings. The van der Waals surface area contributed by atoms with Gasteiger partial charge in [-0.15, -0.1) is 0 Å². The van der Waals surface area contributed by atoms with Gasteiger partial charge in [0.2, 0.25) is 0 Å². The first-order chi connectivity index (χ1) is 12.0. The number of hydrogen-bond donors (Lipinski definition) is 1. The van der Waals surface area contributed by atoms with Gasteiger partial charge in [-0.3, -0.25) is 4.68 Å². The van der Waals surface area contributed by atoms with Crippen molar-refractivity contribution >= 4 is 5.96 Å². The molecule has 0 aliphatic heterocycles. The van der Waals surface area contributed by atoms with Crippen LogP contribution in [-0.2, 0) is 13.6 Å². The van der Waals surface area contributed by atoms with Crippen molar-refractivity contribution in [1.29, 1.82) is 0 Å². The third kappa shape index (κ3) is 5.74. The van der Waals surface area contributed by atoms with Crippen LogP contribution in [0.1, 0.15) is 19.7 Å². The summed E-state index contributed by atoms with van der Waals surface area (Å²) in [7, 11) is 3.80. The van der Waals surface area contributed by atoms with Crippen LogP contribution in [0.5, 0.6) is 5.75 Å². The number of benzene rings is 1. The van der Waals surface area contributed by atoms with Gasteiger partial charge in [0.05, 0.1) is 13.1 Å². The van der Waals surface area contributed by atoms with Gasteiger partial charge in [0.25, 0.3) is 0 Å². The van der Waals surface area contributed by atoms with E-state index >= 15 is 0 Å². The maximum atomic E-state index is 13.2. The molecular formula is C17H25FN6O. The lowest BCUT2D eigenvalue weighted by Gasteiger charge is -2.22. The summed E-state index contributed by atoms with van der Waals surface area (Å²) in [6.45, 7) is 5.70. The Labute approximate surface area is 147 Å². The van der Waals surface area contributed by atoms with Gasteiger partial charge in [0.15, 0.2) is 5.96 Å². The molecule has 0 bridgehead atoms. The molecule has 0 saturated heterocycles. The third-order valence-corrected chi connectivity index (χ3v) is 3.51. The molecule has 8 heteroatoms. The van der Waals surface area contributed by atoms with E-state index in [1.165, 1.54) is 18.5 Å². The van der Waals surface area contributed by atoms with E-state index in [0.717, 1.165) is 18.3 Å². The fourth-order valence-electron chi connectivity index (χ4n) is 2.24. The second kappa shape index (κ2) is 9.00. The largest absolute Gasteiger partial charge is 0.489 e. The molecule has 1 N–H and O–H groups in total. The van der Waals surface area contributed by atoms with Crippen molar-refractivity contribution in [2.75, 3.05) is 20.1 Å². The Morgan fingerprint density at radius 2 is 2.28 bits per heavy atom. The van der Waals surface area contributed by atoms with E-state index in [2.05, 4.69) is 20.4 Å². The molecule has 0 saturated carbocycles. The lowest BCUT2D eigenvalue weighted by atomic mass is 10.3. The summed E-state index contributed by atoms with van der Waals surface area (Å²) in [6.07, 6.45) is 1.35. The predicted octanol–water partition coefficient (Wildman–Crippen LogP) is 1.82. The van der Waals surface area contributed by atoms with Crippen LogP contribution in [0.3, 0.4) is 0 Å². The Bertz CT molecular complexity index is 702. The first-order valence-corrected chi connectivity index (χ1v) is 8.24. The van der Waals surface area contributed by atoms with E-state index in [0.29, 0.717) is 18.8 Å². The zero-order chi connectivity index (χ0) is 18.2. The number of aryl methyl sites for hydroxylation is 1. The Morgan fingerprint density at radius 1 is 1.48 bits per heavy atom. The van der Waals surface area contributed by atoms with Crippen molar-refractivity contribution in [3.05, 3.63) is 42.2 Å². The molecule has 1 heterocycles. The fourth-order valence-corrected chi connectivity index (χ4v) is 2.24. The number of ether oxygens (including phenoxy) is 1. The normalized spacial score (nSPS) is 12.8. The predicted molar refractivity (Wildman–Crippen MR) is 94.9 cm³/mol. The van der Waals surface area contributed by atoms with E-state index in [4.69, 9.17) is 4.74 Å². The van der Waals surface area contributed by atoms with Gasteiger partial charge in [-0.25, -0.2) is 14.4 Å². The highest BCUT2D eigenvalue weighted by atomic mass is 19.1. The van der Waals surface area contributed by atoms with E-state index < -0.39 is 0 Å². The molecule has 0 amide bonds. The average Bonchev–Trinajstić information content (AvgIpc) is 2.96. The Balaban J connectivity index is 1.96. The van der Waals surface area contributed by atoms with Crippen molar-refractivity contribution < 1.29 is 9.13 Å².